The molecule has 1 aliphatic heterocycles. The number of aromatic nitrogens is 4. The maximum atomic E-state index is 12.9. The van der Waals surface area contributed by atoms with Crippen molar-refractivity contribution in [2.45, 2.75) is 4.90 Å². The highest BCUT2D eigenvalue weighted by Gasteiger charge is 2.29. The maximum Gasteiger partial charge on any atom is 0.243 e. The third-order valence-corrected chi connectivity index (χ3v) is 7.79. The Labute approximate surface area is 195 Å². The molecule has 11 heteroatoms. The first-order valence-corrected chi connectivity index (χ1v) is 12.0. The van der Waals surface area contributed by atoms with Crippen molar-refractivity contribution in [3.63, 3.8) is 0 Å². The maximum absolute atomic E-state index is 12.9. The van der Waals surface area contributed by atoms with E-state index in [4.69, 9.17) is 11.6 Å². The molecule has 0 aliphatic carbocycles. The molecule has 9 nitrogen and oxygen atoms in total. The fraction of sp³-hybridized carbons (Fsp3) is 0.182. The minimum Gasteiger partial charge on any atom is -0.354 e. The van der Waals surface area contributed by atoms with Crippen LogP contribution in [-0.4, -0.2) is 58.8 Å². The lowest BCUT2D eigenvalue weighted by atomic mass is 10.1. The van der Waals surface area contributed by atoms with E-state index >= 15 is 0 Å². The molecule has 0 saturated carbocycles. The molecule has 1 N–H and O–H groups in total. The third-order valence-electron chi connectivity index (χ3n) is 5.63. The lowest BCUT2D eigenvalue weighted by Gasteiger charge is -2.34. The van der Waals surface area contributed by atoms with E-state index in [1.807, 2.05) is 17.0 Å². The van der Waals surface area contributed by atoms with Gasteiger partial charge in [-0.05, 0) is 36.4 Å². The van der Waals surface area contributed by atoms with Crippen molar-refractivity contribution in [2.24, 2.45) is 0 Å². The Kier molecular flexibility index (Phi) is 5.46. The van der Waals surface area contributed by atoms with Crippen molar-refractivity contribution in [1.82, 2.24) is 24.2 Å². The summed E-state index contributed by atoms with van der Waals surface area (Å²) in [5.41, 5.74) is 2.48. The lowest BCUT2D eigenvalue weighted by Crippen LogP contribution is -2.48. The molecule has 1 fully saturated rings. The number of hydrogen-bond acceptors (Lipinski definition) is 7. The number of H-pyrrole nitrogens is 1. The Hall–Kier alpha value is -3.52. The number of fused-ring (bicyclic) bond motifs is 1. The highest BCUT2D eigenvalue weighted by molar-refractivity contribution is 7.89. The number of pyridine rings is 1. The van der Waals surface area contributed by atoms with Gasteiger partial charge in [0.1, 0.15) is 23.9 Å². The summed E-state index contributed by atoms with van der Waals surface area (Å²) in [5, 5.41) is 10.5. The Morgan fingerprint density at radius 3 is 2.42 bits per heavy atom. The van der Waals surface area contributed by atoms with Gasteiger partial charge in [0.2, 0.25) is 10.0 Å². The molecular weight excluding hydrogens is 462 g/mol. The van der Waals surface area contributed by atoms with E-state index in [-0.39, 0.29) is 4.90 Å². The summed E-state index contributed by atoms with van der Waals surface area (Å²) in [4.78, 5) is 18.4. The highest BCUT2D eigenvalue weighted by atomic mass is 35.5. The monoisotopic (exact) mass is 479 g/mol. The molecule has 3 aromatic heterocycles. The molecule has 0 atom stereocenters. The molecule has 1 aliphatic rings. The molecule has 33 heavy (non-hydrogen) atoms. The molecule has 5 rings (SSSR count). The van der Waals surface area contributed by atoms with Gasteiger partial charge in [-0.3, -0.25) is 0 Å². The smallest absolute Gasteiger partial charge is 0.243 e. The van der Waals surface area contributed by atoms with Crippen molar-refractivity contribution < 1.29 is 8.42 Å². The van der Waals surface area contributed by atoms with Crippen molar-refractivity contribution in [3.8, 4) is 17.3 Å². The van der Waals surface area contributed by atoms with Gasteiger partial charge >= 0.3 is 0 Å². The minimum absolute atomic E-state index is 0.237. The number of halogens is 1. The summed E-state index contributed by atoms with van der Waals surface area (Å²) in [6.07, 6.45) is 4.77. The molecule has 0 bridgehead atoms. The van der Waals surface area contributed by atoms with Gasteiger partial charge in [0.15, 0.2) is 0 Å². The van der Waals surface area contributed by atoms with Crippen LogP contribution in [0.2, 0.25) is 5.02 Å². The van der Waals surface area contributed by atoms with Gasteiger partial charge in [-0.25, -0.2) is 23.4 Å². The molecule has 1 aromatic carbocycles. The predicted molar refractivity (Wildman–Crippen MR) is 124 cm³/mol. The number of sulfonamides is 1. The van der Waals surface area contributed by atoms with Crippen molar-refractivity contribution in [2.75, 3.05) is 31.1 Å². The molecule has 4 aromatic rings. The molecule has 0 amide bonds. The van der Waals surface area contributed by atoms with Crippen LogP contribution < -0.4 is 4.90 Å². The lowest BCUT2D eigenvalue weighted by molar-refractivity contribution is 0.384. The normalized spacial score (nSPS) is 15.0. The van der Waals surface area contributed by atoms with Crippen LogP contribution in [-0.2, 0) is 10.0 Å². The van der Waals surface area contributed by atoms with Crippen LogP contribution in [0.4, 0.5) is 5.82 Å². The van der Waals surface area contributed by atoms with E-state index in [1.165, 1.54) is 22.8 Å². The SMILES string of the molecule is N#Cc1c[nH]c2ncnc(-c3ccc(N4CCN(S(=O)(=O)c5ccc(Cl)cc5)CC4)nc3)c12. The topological polar surface area (TPSA) is 119 Å². The molecular formula is C22H18ClN7O2S. The van der Waals surface area contributed by atoms with E-state index in [0.717, 1.165) is 11.4 Å². The van der Waals surface area contributed by atoms with Gasteiger partial charge in [0.25, 0.3) is 0 Å². The standard InChI is InChI=1S/C22H18ClN7O2S/c23-17-2-4-18(5-3-17)33(31,32)30-9-7-29(8-10-30)19-6-1-15(12-25-19)21-20-16(11-24)13-26-22(20)28-14-27-21/h1-6,12-14H,7-10H2,(H,26,27,28). The van der Waals surface area contributed by atoms with Crippen LogP contribution in [0.25, 0.3) is 22.3 Å². The fourth-order valence-corrected chi connectivity index (χ4v) is 5.44. The van der Waals surface area contributed by atoms with Gasteiger partial charge < -0.3 is 9.88 Å². The van der Waals surface area contributed by atoms with Crippen LogP contribution in [0.1, 0.15) is 5.56 Å². The number of hydrogen-bond donors (Lipinski definition) is 1. The summed E-state index contributed by atoms with van der Waals surface area (Å²) in [6, 6.07) is 12.1. The Balaban J connectivity index is 1.32. The fourth-order valence-electron chi connectivity index (χ4n) is 3.90. The average molecular weight is 480 g/mol. The second-order valence-corrected chi connectivity index (χ2v) is 9.88. The number of benzene rings is 1. The van der Waals surface area contributed by atoms with E-state index in [0.29, 0.717) is 53.5 Å². The van der Waals surface area contributed by atoms with Crippen molar-refractivity contribution in [1.29, 1.82) is 5.26 Å². The third kappa shape index (κ3) is 3.91. The number of piperazine rings is 1. The minimum atomic E-state index is -3.56. The van der Waals surface area contributed by atoms with Crippen molar-refractivity contribution in [3.05, 3.63) is 65.7 Å². The van der Waals surface area contributed by atoms with Crippen LogP contribution in [0, 0.1) is 11.3 Å². The molecule has 166 valence electrons. The van der Waals surface area contributed by atoms with Crippen LogP contribution in [0.5, 0.6) is 0 Å². The number of rotatable bonds is 4. The van der Waals surface area contributed by atoms with E-state index in [2.05, 4.69) is 26.0 Å². The van der Waals surface area contributed by atoms with Gasteiger partial charge in [0.05, 0.1) is 21.5 Å². The number of nitriles is 1. The zero-order chi connectivity index (χ0) is 23.0. The molecule has 0 unspecified atom stereocenters. The molecule has 0 radical (unpaired) electrons. The summed E-state index contributed by atoms with van der Waals surface area (Å²) in [7, 11) is -3.56. The largest absolute Gasteiger partial charge is 0.354 e. The first-order valence-electron chi connectivity index (χ1n) is 10.2. The van der Waals surface area contributed by atoms with E-state index in [9.17, 15) is 13.7 Å². The Morgan fingerprint density at radius 1 is 1.00 bits per heavy atom. The number of nitrogens with zero attached hydrogens (tertiary/aromatic N) is 6. The van der Waals surface area contributed by atoms with Crippen LogP contribution >= 0.6 is 11.6 Å². The second-order valence-electron chi connectivity index (χ2n) is 7.51. The highest BCUT2D eigenvalue weighted by Crippen LogP contribution is 2.28. The van der Waals surface area contributed by atoms with Crippen LogP contribution in [0.3, 0.4) is 0 Å². The van der Waals surface area contributed by atoms with E-state index < -0.39 is 10.0 Å². The Bertz CT molecular complexity index is 1450. The summed E-state index contributed by atoms with van der Waals surface area (Å²) >= 11 is 5.88. The summed E-state index contributed by atoms with van der Waals surface area (Å²) in [5.74, 6) is 0.752. The van der Waals surface area contributed by atoms with Gasteiger partial charge in [-0.1, -0.05) is 11.6 Å². The zero-order valence-electron chi connectivity index (χ0n) is 17.3. The first-order chi connectivity index (χ1) is 16.0. The molecule has 1 saturated heterocycles. The molecule has 0 spiro atoms. The zero-order valence-corrected chi connectivity index (χ0v) is 18.9. The number of anilines is 1. The predicted octanol–water partition coefficient (Wildman–Crippen LogP) is 3.06. The summed E-state index contributed by atoms with van der Waals surface area (Å²) < 4.78 is 27.3. The first kappa shape index (κ1) is 21.3. The van der Waals surface area contributed by atoms with Gasteiger partial charge in [-0.15, -0.1) is 0 Å². The Morgan fingerprint density at radius 2 is 1.76 bits per heavy atom. The second kappa shape index (κ2) is 8.44. The van der Waals surface area contributed by atoms with Gasteiger partial charge in [-0.2, -0.15) is 9.57 Å². The van der Waals surface area contributed by atoms with E-state index in [1.54, 1.807) is 24.5 Å². The van der Waals surface area contributed by atoms with Gasteiger partial charge in [0, 0.05) is 49.2 Å². The van der Waals surface area contributed by atoms with Crippen molar-refractivity contribution >= 4 is 38.5 Å². The quantitative estimate of drug-likeness (QED) is 0.477. The number of aromatic amines is 1. The number of nitrogens with one attached hydrogen (secondary N) is 1. The van der Waals surface area contributed by atoms with Crippen LogP contribution in [0.15, 0.2) is 60.0 Å². The average Bonchev–Trinajstić information content (AvgIpc) is 3.28. The summed E-state index contributed by atoms with van der Waals surface area (Å²) in [6.45, 7) is 1.76. The molecule has 4 heterocycles.